The molecule has 2 heterocycles. The second-order valence-corrected chi connectivity index (χ2v) is 4.29. The highest BCUT2D eigenvalue weighted by Crippen LogP contribution is 2.07. The van der Waals surface area contributed by atoms with Crippen molar-refractivity contribution in [2.24, 2.45) is 5.73 Å². The molecule has 82 valence electrons. The Balaban J connectivity index is 1.98. The van der Waals surface area contributed by atoms with Crippen molar-refractivity contribution in [3.8, 4) is 0 Å². The molecule has 16 heavy (non-hydrogen) atoms. The van der Waals surface area contributed by atoms with Gasteiger partial charge in [-0.2, -0.15) is 0 Å². The third-order valence-corrected chi connectivity index (χ3v) is 2.85. The van der Waals surface area contributed by atoms with Crippen LogP contribution in [-0.2, 0) is 6.54 Å². The molecular weight excluding hydrogens is 240 g/mol. The summed E-state index contributed by atoms with van der Waals surface area (Å²) in [7, 11) is 0. The average Bonchev–Trinajstić information content (AvgIpc) is 2.80. The number of thiocarbonyl (C=S) groups is 1. The molecule has 0 radical (unpaired) electrons. The molecule has 0 amide bonds. The minimum Gasteiger partial charge on any atom is -0.389 e. The number of nitrogens with one attached hydrogen (secondary N) is 1. The average molecular weight is 250 g/mol. The van der Waals surface area contributed by atoms with Gasteiger partial charge in [-0.25, -0.2) is 9.97 Å². The van der Waals surface area contributed by atoms with Crippen LogP contribution < -0.4 is 11.1 Å². The molecule has 2 aromatic heterocycles. The summed E-state index contributed by atoms with van der Waals surface area (Å²) >= 11 is 6.42. The lowest BCUT2D eigenvalue weighted by Crippen LogP contribution is -2.10. The van der Waals surface area contributed by atoms with Crippen molar-refractivity contribution in [2.45, 2.75) is 6.54 Å². The molecule has 0 aliphatic rings. The minimum absolute atomic E-state index is 0.360. The van der Waals surface area contributed by atoms with E-state index < -0.39 is 0 Å². The normalized spacial score (nSPS) is 10.0. The van der Waals surface area contributed by atoms with Gasteiger partial charge in [0.15, 0.2) is 0 Å². The van der Waals surface area contributed by atoms with Crippen LogP contribution in [0, 0.1) is 0 Å². The molecule has 0 aromatic carbocycles. The van der Waals surface area contributed by atoms with E-state index in [-0.39, 0.29) is 0 Å². The monoisotopic (exact) mass is 250 g/mol. The van der Waals surface area contributed by atoms with Crippen molar-refractivity contribution in [3.63, 3.8) is 0 Å². The highest BCUT2D eigenvalue weighted by atomic mass is 32.1. The number of aromatic nitrogens is 2. The Bertz CT molecular complexity index is 464. The lowest BCUT2D eigenvalue weighted by molar-refractivity contribution is 1.05. The number of hydrogen-bond donors (Lipinski definition) is 2. The van der Waals surface area contributed by atoms with Crippen molar-refractivity contribution in [2.75, 3.05) is 5.32 Å². The molecule has 0 aliphatic heterocycles. The van der Waals surface area contributed by atoms with Crippen LogP contribution in [-0.4, -0.2) is 15.0 Å². The first kappa shape index (κ1) is 11.0. The Morgan fingerprint density at radius 1 is 1.44 bits per heavy atom. The smallest absolute Gasteiger partial charge is 0.126 e. The van der Waals surface area contributed by atoms with Crippen LogP contribution >= 0.6 is 23.6 Å². The van der Waals surface area contributed by atoms with E-state index in [4.69, 9.17) is 18.0 Å². The van der Waals surface area contributed by atoms with E-state index in [1.165, 1.54) is 0 Å². The van der Waals surface area contributed by atoms with Crippen molar-refractivity contribution in [1.29, 1.82) is 0 Å². The molecule has 0 unspecified atom stereocenters. The third-order valence-electron chi connectivity index (χ3n) is 1.98. The second kappa shape index (κ2) is 5.00. The largest absolute Gasteiger partial charge is 0.389 e. The highest BCUT2D eigenvalue weighted by molar-refractivity contribution is 7.80. The number of rotatable bonds is 4. The van der Waals surface area contributed by atoms with E-state index >= 15 is 0 Å². The fourth-order valence-electron chi connectivity index (χ4n) is 1.15. The zero-order valence-corrected chi connectivity index (χ0v) is 10.0. The van der Waals surface area contributed by atoms with Gasteiger partial charge in [0.2, 0.25) is 0 Å². The maximum Gasteiger partial charge on any atom is 0.126 e. The Morgan fingerprint density at radius 2 is 2.31 bits per heavy atom. The molecule has 4 nitrogen and oxygen atoms in total. The van der Waals surface area contributed by atoms with E-state index in [1.54, 1.807) is 23.0 Å². The van der Waals surface area contributed by atoms with Gasteiger partial charge in [0.25, 0.3) is 0 Å². The highest BCUT2D eigenvalue weighted by Gasteiger charge is 1.99. The summed E-state index contributed by atoms with van der Waals surface area (Å²) < 4.78 is 0. The Hall–Kier alpha value is -1.53. The van der Waals surface area contributed by atoms with Crippen LogP contribution in [0.15, 0.2) is 29.2 Å². The van der Waals surface area contributed by atoms with Crippen LogP contribution in [0.5, 0.6) is 0 Å². The zero-order chi connectivity index (χ0) is 11.4. The number of thiazole rings is 1. The Morgan fingerprint density at radius 3 is 2.88 bits per heavy atom. The van der Waals surface area contributed by atoms with Crippen molar-refractivity contribution >= 4 is 34.4 Å². The third kappa shape index (κ3) is 2.74. The molecule has 2 aromatic rings. The molecule has 0 saturated heterocycles. The molecule has 3 N–H and O–H groups in total. The minimum atomic E-state index is 0.360. The number of hydrogen-bond acceptors (Lipinski definition) is 5. The SMILES string of the molecule is NC(=S)c1ccc(NCc2cscn2)nc1. The van der Waals surface area contributed by atoms with Crippen LogP contribution in [0.1, 0.15) is 11.3 Å². The lowest BCUT2D eigenvalue weighted by Gasteiger charge is -2.04. The van der Waals surface area contributed by atoms with Gasteiger partial charge < -0.3 is 11.1 Å². The summed E-state index contributed by atoms with van der Waals surface area (Å²) in [5, 5.41) is 5.16. The van der Waals surface area contributed by atoms with E-state index in [2.05, 4.69) is 15.3 Å². The first-order valence-electron chi connectivity index (χ1n) is 4.62. The molecule has 0 saturated carbocycles. The number of anilines is 1. The molecule has 0 bridgehead atoms. The fourth-order valence-corrected chi connectivity index (χ4v) is 1.83. The molecule has 0 atom stereocenters. The summed E-state index contributed by atoms with van der Waals surface area (Å²) in [4.78, 5) is 8.72. The summed E-state index contributed by atoms with van der Waals surface area (Å²) in [6, 6.07) is 3.69. The summed E-state index contributed by atoms with van der Waals surface area (Å²) in [6.45, 7) is 0.670. The molecule has 2 rings (SSSR count). The number of pyridine rings is 1. The molecular formula is C10H10N4S2. The van der Waals surface area contributed by atoms with Crippen LogP contribution in [0.3, 0.4) is 0 Å². The topological polar surface area (TPSA) is 63.8 Å². The molecule has 0 aliphatic carbocycles. The van der Waals surface area contributed by atoms with Crippen molar-refractivity contribution in [3.05, 3.63) is 40.5 Å². The molecule has 0 spiro atoms. The van der Waals surface area contributed by atoms with Crippen LogP contribution in [0.4, 0.5) is 5.82 Å². The first-order valence-corrected chi connectivity index (χ1v) is 5.97. The van der Waals surface area contributed by atoms with Crippen LogP contribution in [0.25, 0.3) is 0 Å². The second-order valence-electron chi connectivity index (χ2n) is 3.13. The first-order chi connectivity index (χ1) is 7.75. The van der Waals surface area contributed by atoms with Gasteiger partial charge in [0.1, 0.15) is 10.8 Å². The quantitative estimate of drug-likeness (QED) is 0.810. The lowest BCUT2D eigenvalue weighted by atomic mass is 10.3. The predicted molar refractivity (Wildman–Crippen MR) is 69.6 cm³/mol. The van der Waals surface area contributed by atoms with Gasteiger partial charge in [0, 0.05) is 17.1 Å². The van der Waals surface area contributed by atoms with Crippen LogP contribution in [0.2, 0.25) is 0 Å². The maximum atomic E-state index is 5.48. The van der Waals surface area contributed by atoms with Gasteiger partial charge in [-0.1, -0.05) is 12.2 Å². The van der Waals surface area contributed by atoms with E-state index in [0.29, 0.717) is 11.5 Å². The van der Waals surface area contributed by atoms with Gasteiger partial charge >= 0.3 is 0 Å². The fraction of sp³-hybridized carbons (Fsp3) is 0.100. The van der Waals surface area contributed by atoms with Gasteiger partial charge in [-0.05, 0) is 12.1 Å². The summed E-state index contributed by atoms with van der Waals surface area (Å²) in [6.07, 6.45) is 1.66. The Labute approximate surface area is 103 Å². The number of nitrogens with two attached hydrogens (primary N) is 1. The van der Waals surface area contributed by atoms with E-state index in [0.717, 1.165) is 17.1 Å². The summed E-state index contributed by atoms with van der Waals surface area (Å²) in [5.41, 5.74) is 9.06. The van der Waals surface area contributed by atoms with Crippen molar-refractivity contribution in [1.82, 2.24) is 9.97 Å². The molecule has 0 fully saturated rings. The van der Waals surface area contributed by atoms with E-state index in [1.807, 2.05) is 17.5 Å². The van der Waals surface area contributed by atoms with E-state index in [9.17, 15) is 0 Å². The maximum absolute atomic E-state index is 5.48. The standard InChI is InChI=1S/C10H10N4S2/c11-10(15)7-1-2-9(12-3-7)13-4-8-5-16-6-14-8/h1-3,5-6H,4H2,(H2,11,15)(H,12,13). The Kier molecular flexibility index (Phi) is 3.43. The van der Waals surface area contributed by atoms with Gasteiger partial charge in [0.05, 0.1) is 17.7 Å². The van der Waals surface area contributed by atoms with Gasteiger partial charge in [-0.15, -0.1) is 11.3 Å². The number of nitrogens with zero attached hydrogens (tertiary/aromatic N) is 2. The van der Waals surface area contributed by atoms with Gasteiger partial charge in [-0.3, -0.25) is 0 Å². The predicted octanol–water partition coefficient (Wildman–Crippen LogP) is 1.78. The summed E-state index contributed by atoms with van der Waals surface area (Å²) in [5.74, 6) is 0.785. The van der Waals surface area contributed by atoms with Crippen molar-refractivity contribution < 1.29 is 0 Å². The molecule has 6 heteroatoms. The zero-order valence-electron chi connectivity index (χ0n) is 8.38.